The number of carboxylic acids is 1. The molecule has 0 radical (unpaired) electrons. The van der Waals surface area contributed by atoms with Gasteiger partial charge in [-0.05, 0) is 50.6 Å². The molecule has 0 amide bonds. The van der Waals surface area contributed by atoms with Crippen molar-refractivity contribution in [3.63, 3.8) is 0 Å². The third-order valence-corrected chi connectivity index (χ3v) is 6.59. The van der Waals surface area contributed by atoms with E-state index in [-0.39, 0.29) is 35.5 Å². The number of rotatable bonds is 4. The molecule has 0 saturated carbocycles. The van der Waals surface area contributed by atoms with Crippen LogP contribution in [0.15, 0.2) is 48.5 Å². The van der Waals surface area contributed by atoms with Gasteiger partial charge >= 0.3 is 0 Å². The van der Waals surface area contributed by atoms with E-state index in [1.165, 1.54) is 12.5 Å². The average Bonchev–Trinajstić information content (AvgIpc) is 2.76. The second-order valence-electron chi connectivity index (χ2n) is 8.09. The number of piperidine rings is 1. The first-order chi connectivity index (χ1) is 14.0. The van der Waals surface area contributed by atoms with Crippen LogP contribution in [0.4, 0.5) is 0 Å². The topological polar surface area (TPSA) is 69.7 Å². The Kier molecular flexibility index (Phi) is 6.53. The fourth-order valence-corrected chi connectivity index (χ4v) is 4.96. The van der Waals surface area contributed by atoms with Crippen LogP contribution in [-0.4, -0.2) is 35.8 Å². The minimum Gasteiger partial charge on any atom is -0.545 e. The highest BCUT2D eigenvalue weighted by Gasteiger charge is 2.54. The summed E-state index contributed by atoms with van der Waals surface area (Å²) in [6, 6.07) is 14.3. The standard InChI is InChI=1S/C24H27NO4.ClH/c1-16-21(26)19-12-9-13-20(23(27)28)22(19)29-24(16,18-10-5-3-6-11-18)17(2)25-14-7-4-8-15-25;/h3,5-6,9-13,16-17H,4,7-8,14-15H2,1-2H3,(H,27,28);1H/p-1. The predicted molar refractivity (Wildman–Crippen MR) is 115 cm³/mol. The third kappa shape index (κ3) is 3.50. The molecule has 0 aromatic heterocycles. The van der Waals surface area contributed by atoms with Crippen molar-refractivity contribution in [1.29, 1.82) is 0 Å². The van der Waals surface area contributed by atoms with Crippen molar-refractivity contribution in [3.8, 4) is 5.75 Å². The molecule has 30 heavy (non-hydrogen) atoms. The predicted octanol–water partition coefficient (Wildman–Crippen LogP) is 3.45. The molecule has 2 heterocycles. The number of hydrogen-bond acceptors (Lipinski definition) is 5. The molecule has 5 nitrogen and oxygen atoms in total. The number of ketones is 1. The maximum absolute atomic E-state index is 13.5. The van der Waals surface area contributed by atoms with Gasteiger partial charge in [0.15, 0.2) is 11.4 Å². The molecular weight excluding hydrogens is 402 g/mol. The fraction of sp³-hybridized carbons (Fsp3) is 0.417. The van der Waals surface area contributed by atoms with Crippen molar-refractivity contribution in [2.24, 2.45) is 5.92 Å². The van der Waals surface area contributed by atoms with Gasteiger partial charge in [0.05, 0.1) is 23.5 Å². The lowest BCUT2D eigenvalue weighted by molar-refractivity contribution is -0.255. The quantitative estimate of drug-likeness (QED) is 0.745. The Morgan fingerprint density at radius 3 is 2.40 bits per heavy atom. The van der Waals surface area contributed by atoms with Crippen LogP contribution < -0.4 is 9.84 Å². The number of benzene rings is 2. The van der Waals surface area contributed by atoms with Gasteiger partial charge in [0.25, 0.3) is 0 Å². The Morgan fingerprint density at radius 2 is 1.77 bits per heavy atom. The number of ether oxygens (including phenoxy) is 1. The molecule has 6 heteroatoms. The van der Waals surface area contributed by atoms with Gasteiger partial charge < -0.3 is 14.6 Å². The molecular formula is C24H27ClNO4-. The van der Waals surface area contributed by atoms with Crippen molar-refractivity contribution < 1.29 is 19.4 Å². The molecule has 0 aliphatic carbocycles. The zero-order valence-corrected chi connectivity index (χ0v) is 18.1. The Hall–Kier alpha value is -2.37. The fourth-order valence-electron chi connectivity index (χ4n) is 4.96. The highest BCUT2D eigenvalue weighted by atomic mass is 35.5. The molecule has 1 saturated heterocycles. The summed E-state index contributed by atoms with van der Waals surface area (Å²) < 4.78 is 6.61. The molecule has 2 aliphatic heterocycles. The van der Waals surface area contributed by atoms with E-state index in [1.54, 1.807) is 12.1 Å². The number of fused-ring (bicyclic) bond motifs is 1. The second kappa shape index (κ2) is 8.78. The Labute approximate surface area is 183 Å². The van der Waals surface area contributed by atoms with Gasteiger partial charge in [0.2, 0.25) is 0 Å². The van der Waals surface area contributed by atoms with Crippen molar-refractivity contribution in [2.45, 2.75) is 44.8 Å². The Bertz CT molecular complexity index is 926. The van der Waals surface area contributed by atoms with Gasteiger partial charge in [-0.2, -0.15) is 0 Å². The van der Waals surface area contributed by atoms with E-state index in [4.69, 9.17) is 4.74 Å². The maximum Gasteiger partial charge on any atom is 0.173 e. The number of carbonyl (C=O) groups excluding carboxylic acids is 2. The summed E-state index contributed by atoms with van der Waals surface area (Å²) in [5.41, 5.74) is 0.150. The number of halogens is 1. The summed E-state index contributed by atoms with van der Waals surface area (Å²) in [6.45, 7) is 5.86. The maximum atomic E-state index is 13.5. The lowest BCUT2D eigenvalue weighted by Crippen LogP contribution is -2.60. The van der Waals surface area contributed by atoms with E-state index < -0.39 is 17.5 Å². The van der Waals surface area contributed by atoms with Crippen LogP contribution in [0, 0.1) is 5.92 Å². The van der Waals surface area contributed by atoms with Gasteiger partial charge in [-0.15, -0.1) is 12.4 Å². The van der Waals surface area contributed by atoms with E-state index in [0.29, 0.717) is 5.56 Å². The smallest absolute Gasteiger partial charge is 0.173 e. The lowest BCUT2D eigenvalue weighted by Gasteiger charge is -2.51. The summed E-state index contributed by atoms with van der Waals surface area (Å²) in [5.74, 6) is -1.77. The summed E-state index contributed by atoms with van der Waals surface area (Å²) in [5, 5.41) is 11.8. The molecule has 3 unspecified atom stereocenters. The van der Waals surface area contributed by atoms with E-state index in [2.05, 4.69) is 11.8 Å². The minimum atomic E-state index is -1.34. The Morgan fingerprint density at radius 1 is 1.10 bits per heavy atom. The van der Waals surface area contributed by atoms with Gasteiger partial charge in [0.1, 0.15) is 5.75 Å². The average molecular weight is 429 g/mol. The lowest BCUT2D eigenvalue weighted by atomic mass is 9.71. The molecule has 2 aromatic carbocycles. The number of Topliss-reactive ketones (excluding diaryl/α,β-unsaturated/α-hetero) is 1. The normalized spacial score (nSPS) is 24.9. The van der Waals surface area contributed by atoms with E-state index >= 15 is 0 Å². The van der Waals surface area contributed by atoms with Crippen molar-refractivity contribution in [1.82, 2.24) is 4.90 Å². The third-order valence-electron chi connectivity index (χ3n) is 6.59. The van der Waals surface area contributed by atoms with Crippen LogP contribution in [0.5, 0.6) is 5.75 Å². The summed E-state index contributed by atoms with van der Waals surface area (Å²) in [6.07, 6.45) is 3.42. The first-order valence-electron chi connectivity index (χ1n) is 10.3. The molecule has 3 atom stereocenters. The van der Waals surface area contributed by atoms with E-state index in [1.807, 2.05) is 37.3 Å². The summed E-state index contributed by atoms with van der Waals surface area (Å²) in [7, 11) is 0. The van der Waals surface area contributed by atoms with Gasteiger partial charge in [-0.1, -0.05) is 49.7 Å². The van der Waals surface area contributed by atoms with Crippen LogP contribution in [0.3, 0.4) is 0 Å². The van der Waals surface area contributed by atoms with Crippen LogP contribution in [0.25, 0.3) is 0 Å². The van der Waals surface area contributed by atoms with Crippen LogP contribution >= 0.6 is 12.4 Å². The Balaban J connectivity index is 0.00000256. The molecule has 0 bridgehead atoms. The highest BCUT2D eigenvalue weighted by Crippen LogP contribution is 2.48. The zero-order chi connectivity index (χ0) is 20.6. The zero-order valence-electron chi connectivity index (χ0n) is 17.3. The number of nitrogens with zero attached hydrogens (tertiary/aromatic N) is 1. The molecule has 0 spiro atoms. The van der Waals surface area contributed by atoms with Crippen LogP contribution in [-0.2, 0) is 5.60 Å². The summed E-state index contributed by atoms with van der Waals surface area (Å²) >= 11 is 0. The van der Waals surface area contributed by atoms with Crippen molar-refractivity contribution in [2.75, 3.05) is 13.1 Å². The number of para-hydroxylation sites is 1. The van der Waals surface area contributed by atoms with Gasteiger partial charge in [-0.3, -0.25) is 9.69 Å². The number of hydrogen-bond donors (Lipinski definition) is 0. The minimum absolute atomic E-state index is 0. The molecule has 160 valence electrons. The van der Waals surface area contributed by atoms with Gasteiger partial charge in [0, 0.05) is 5.56 Å². The first-order valence-corrected chi connectivity index (χ1v) is 10.3. The monoisotopic (exact) mass is 428 g/mol. The summed E-state index contributed by atoms with van der Waals surface area (Å²) in [4.78, 5) is 27.6. The number of carboxylic acid groups (broad SMARTS) is 1. The van der Waals surface area contributed by atoms with Crippen LogP contribution in [0.1, 0.15) is 59.4 Å². The number of likely N-dealkylation sites (tertiary alicyclic amines) is 1. The number of carbonyl (C=O) groups is 2. The largest absolute Gasteiger partial charge is 0.545 e. The molecule has 0 N–H and O–H groups in total. The molecule has 4 rings (SSSR count). The highest BCUT2D eigenvalue weighted by molar-refractivity contribution is 6.05. The van der Waals surface area contributed by atoms with Crippen molar-refractivity contribution in [3.05, 3.63) is 65.2 Å². The second-order valence-corrected chi connectivity index (χ2v) is 8.09. The van der Waals surface area contributed by atoms with E-state index in [9.17, 15) is 14.7 Å². The van der Waals surface area contributed by atoms with Gasteiger partial charge in [-0.25, -0.2) is 0 Å². The van der Waals surface area contributed by atoms with Crippen LogP contribution in [0.2, 0.25) is 0 Å². The SMILES string of the molecule is CC1C(=O)c2cccc(C(=O)[O-])c2OC1(c1ccccc1)C(C)N1CCCCC1.Cl. The molecule has 1 fully saturated rings. The van der Waals surface area contributed by atoms with Crippen molar-refractivity contribution >= 4 is 24.2 Å². The molecule has 2 aliphatic rings. The first kappa shape index (κ1) is 22.3. The van der Waals surface area contributed by atoms with E-state index in [0.717, 1.165) is 31.5 Å². The number of aromatic carboxylic acids is 1. The molecule has 2 aromatic rings.